The maximum absolute atomic E-state index is 13.9. The lowest BCUT2D eigenvalue weighted by Crippen LogP contribution is -2.45. The zero-order valence-electron chi connectivity index (χ0n) is 24.5. The lowest BCUT2D eigenvalue weighted by molar-refractivity contribution is -0.119. The lowest BCUT2D eigenvalue weighted by atomic mass is 9.63. The number of hydrogen-bond donors (Lipinski definition) is 0. The van der Waals surface area contributed by atoms with E-state index in [1.807, 2.05) is 18.2 Å². The number of ether oxygens (including phenoxy) is 2. The van der Waals surface area contributed by atoms with Crippen molar-refractivity contribution >= 4 is 27.5 Å². The van der Waals surface area contributed by atoms with Gasteiger partial charge in [0.05, 0.1) is 11.1 Å². The summed E-state index contributed by atoms with van der Waals surface area (Å²) in [5.74, 6) is 0.633. The van der Waals surface area contributed by atoms with Crippen LogP contribution in [0.3, 0.4) is 0 Å². The lowest BCUT2D eigenvalue weighted by Gasteiger charge is -2.49. The minimum atomic E-state index is -0.376. The molecule has 0 spiro atoms. The van der Waals surface area contributed by atoms with Crippen molar-refractivity contribution in [1.29, 1.82) is 0 Å². The van der Waals surface area contributed by atoms with Gasteiger partial charge in [-0.2, -0.15) is 0 Å². The number of nitrogens with zero attached hydrogens (tertiary/aromatic N) is 1. The molecule has 0 unspecified atom stereocenters. The highest BCUT2D eigenvalue weighted by Gasteiger charge is 2.48. The van der Waals surface area contributed by atoms with E-state index in [1.54, 1.807) is 7.11 Å². The van der Waals surface area contributed by atoms with Crippen molar-refractivity contribution in [2.24, 2.45) is 10.8 Å². The highest BCUT2D eigenvalue weighted by molar-refractivity contribution is 9.10. The number of halogens is 1. The molecule has 2 aromatic carbocycles. The number of aryl methyl sites for hydroxylation is 1. The fraction of sp³-hybridized carbons (Fsp3) is 0.471. The average molecular weight is 607 g/mol. The Bertz CT molecular complexity index is 1350. The highest BCUT2D eigenvalue weighted by atomic mass is 79.9. The number of rotatable bonds is 7. The molecule has 0 aromatic heterocycles. The number of hydrogen-bond acceptors (Lipinski definition) is 5. The van der Waals surface area contributed by atoms with E-state index < -0.39 is 0 Å². The molecule has 6 heteroatoms. The SMILES string of the molecule is COCCN1C2=C(C(=O)CC(C)(C)C2)C(c2ccc(OCc3ccc(C)cc3)c(Br)c2)C2=C1CC(C)(C)CC2=O. The van der Waals surface area contributed by atoms with Gasteiger partial charge in [0, 0.05) is 55.0 Å². The van der Waals surface area contributed by atoms with Crippen molar-refractivity contribution in [3.8, 4) is 5.75 Å². The Morgan fingerprint density at radius 2 is 1.45 bits per heavy atom. The Kier molecular flexibility index (Phi) is 7.88. The van der Waals surface area contributed by atoms with E-state index >= 15 is 0 Å². The standard InChI is InChI=1S/C34H40BrNO4/c1-21-7-9-22(10-8-21)20-40-29-12-11-23(15-24(29)35)30-31-25(16-33(2,3)18-27(31)37)36(13-14-39-6)26-17-34(4,5)19-28(38)32(26)30/h7-12,15,30H,13-14,16-20H2,1-6H3. The van der Waals surface area contributed by atoms with Crippen LogP contribution in [0.4, 0.5) is 0 Å². The van der Waals surface area contributed by atoms with Crippen molar-refractivity contribution in [2.45, 2.75) is 72.8 Å². The van der Waals surface area contributed by atoms with Gasteiger partial charge in [0.15, 0.2) is 11.6 Å². The van der Waals surface area contributed by atoms with Crippen LogP contribution in [0.25, 0.3) is 0 Å². The molecule has 0 fully saturated rings. The first-order valence-electron chi connectivity index (χ1n) is 14.2. The summed E-state index contributed by atoms with van der Waals surface area (Å²) in [5, 5.41) is 0. The molecule has 1 aliphatic heterocycles. The van der Waals surface area contributed by atoms with E-state index in [1.165, 1.54) is 5.56 Å². The van der Waals surface area contributed by atoms with E-state index in [2.05, 4.69) is 79.7 Å². The Morgan fingerprint density at radius 3 is 1.98 bits per heavy atom. The monoisotopic (exact) mass is 605 g/mol. The highest BCUT2D eigenvalue weighted by Crippen LogP contribution is 2.54. The summed E-state index contributed by atoms with van der Waals surface area (Å²) in [6, 6.07) is 14.3. The molecule has 3 aliphatic rings. The van der Waals surface area contributed by atoms with Gasteiger partial charge in [-0.3, -0.25) is 9.59 Å². The Morgan fingerprint density at radius 1 is 0.875 bits per heavy atom. The molecule has 0 bridgehead atoms. The van der Waals surface area contributed by atoms with Gasteiger partial charge in [0.25, 0.3) is 0 Å². The third-order valence-electron chi connectivity index (χ3n) is 8.35. The van der Waals surface area contributed by atoms with Gasteiger partial charge < -0.3 is 14.4 Å². The van der Waals surface area contributed by atoms with Crippen molar-refractivity contribution < 1.29 is 19.1 Å². The molecule has 5 nitrogen and oxygen atoms in total. The Hall–Kier alpha value is -2.70. The molecule has 40 heavy (non-hydrogen) atoms. The molecule has 0 amide bonds. The third-order valence-corrected chi connectivity index (χ3v) is 8.96. The molecular formula is C34H40BrNO4. The van der Waals surface area contributed by atoms with Crippen LogP contribution in [0.15, 0.2) is 69.5 Å². The molecule has 0 saturated heterocycles. The smallest absolute Gasteiger partial charge is 0.162 e. The first-order valence-corrected chi connectivity index (χ1v) is 15.0. The van der Waals surface area contributed by atoms with Crippen molar-refractivity contribution in [1.82, 2.24) is 4.90 Å². The molecular weight excluding hydrogens is 566 g/mol. The molecule has 2 aliphatic carbocycles. The van der Waals surface area contributed by atoms with Crippen LogP contribution in [-0.4, -0.2) is 36.7 Å². The zero-order valence-corrected chi connectivity index (χ0v) is 26.1. The summed E-state index contributed by atoms with van der Waals surface area (Å²) in [5.41, 5.74) is 6.64. The molecule has 2 aromatic rings. The van der Waals surface area contributed by atoms with E-state index in [-0.39, 0.29) is 28.3 Å². The van der Waals surface area contributed by atoms with E-state index in [9.17, 15) is 9.59 Å². The van der Waals surface area contributed by atoms with Crippen molar-refractivity contribution in [3.63, 3.8) is 0 Å². The molecule has 1 heterocycles. The normalized spacial score (nSPS) is 20.5. The predicted octanol–water partition coefficient (Wildman–Crippen LogP) is 7.67. The molecule has 0 atom stereocenters. The van der Waals surface area contributed by atoms with E-state index in [0.29, 0.717) is 32.6 Å². The summed E-state index contributed by atoms with van der Waals surface area (Å²) >= 11 is 3.73. The molecule has 5 rings (SSSR count). The maximum Gasteiger partial charge on any atom is 0.162 e. The first kappa shape index (κ1) is 28.8. The molecule has 0 radical (unpaired) electrons. The first-order chi connectivity index (χ1) is 18.9. The van der Waals surface area contributed by atoms with E-state index in [4.69, 9.17) is 9.47 Å². The third kappa shape index (κ3) is 5.71. The topological polar surface area (TPSA) is 55.8 Å². The van der Waals surface area contributed by atoms with Gasteiger partial charge in [0.1, 0.15) is 12.4 Å². The number of ketones is 2. The van der Waals surface area contributed by atoms with Gasteiger partial charge in [-0.25, -0.2) is 0 Å². The summed E-state index contributed by atoms with van der Waals surface area (Å²) in [6.45, 7) is 12.3. The van der Waals surface area contributed by atoms with Crippen molar-refractivity contribution in [3.05, 3.63) is 86.2 Å². The minimum Gasteiger partial charge on any atom is -0.488 e. The largest absolute Gasteiger partial charge is 0.488 e. The Labute approximate surface area is 246 Å². The van der Waals surface area contributed by atoms with Gasteiger partial charge in [-0.1, -0.05) is 63.6 Å². The number of Topliss-reactive ketones (excluding diaryl/α,β-unsaturated/α-hetero) is 2. The Balaban J connectivity index is 1.58. The van der Waals surface area contributed by atoms with Crippen LogP contribution in [0, 0.1) is 17.8 Å². The second-order valence-electron chi connectivity index (χ2n) is 13.1. The summed E-state index contributed by atoms with van der Waals surface area (Å²) in [4.78, 5) is 30.1. The quantitative estimate of drug-likeness (QED) is 0.324. The zero-order chi connectivity index (χ0) is 28.8. The van der Waals surface area contributed by atoms with Gasteiger partial charge in [0.2, 0.25) is 0 Å². The number of methoxy groups -OCH3 is 1. The van der Waals surface area contributed by atoms with Gasteiger partial charge >= 0.3 is 0 Å². The second-order valence-corrected chi connectivity index (χ2v) is 14.0. The van der Waals surface area contributed by atoms with Crippen LogP contribution in [-0.2, 0) is 20.9 Å². The summed E-state index contributed by atoms with van der Waals surface area (Å²) in [7, 11) is 1.70. The summed E-state index contributed by atoms with van der Waals surface area (Å²) < 4.78 is 12.5. The van der Waals surface area contributed by atoms with Gasteiger partial charge in [-0.15, -0.1) is 0 Å². The van der Waals surface area contributed by atoms with Crippen LogP contribution in [0.2, 0.25) is 0 Å². The van der Waals surface area contributed by atoms with E-state index in [0.717, 1.165) is 56.7 Å². The molecule has 0 N–H and O–H groups in total. The number of allylic oxidation sites excluding steroid dienone is 4. The molecule has 212 valence electrons. The summed E-state index contributed by atoms with van der Waals surface area (Å²) in [6.07, 6.45) is 2.53. The number of benzene rings is 2. The fourth-order valence-corrected chi connectivity index (χ4v) is 7.00. The second kappa shape index (κ2) is 10.9. The van der Waals surface area contributed by atoms with Crippen LogP contribution in [0.5, 0.6) is 5.75 Å². The maximum atomic E-state index is 13.9. The van der Waals surface area contributed by atoms with Gasteiger partial charge in [-0.05, 0) is 69.8 Å². The van der Waals surface area contributed by atoms with Crippen LogP contribution < -0.4 is 4.74 Å². The number of carbonyl (C=O) groups is 2. The minimum absolute atomic E-state index is 0.138. The van der Waals surface area contributed by atoms with Crippen LogP contribution >= 0.6 is 15.9 Å². The molecule has 0 saturated carbocycles. The average Bonchev–Trinajstić information content (AvgIpc) is 2.86. The number of carbonyl (C=O) groups excluding carboxylic acids is 2. The fourth-order valence-electron chi connectivity index (χ4n) is 6.49. The van der Waals surface area contributed by atoms with Crippen LogP contribution in [0.1, 0.15) is 76.0 Å². The predicted molar refractivity (Wildman–Crippen MR) is 161 cm³/mol. The van der Waals surface area contributed by atoms with Crippen molar-refractivity contribution in [2.75, 3.05) is 20.3 Å².